The Morgan fingerprint density at radius 1 is 1.00 bits per heavy atom. The van der Waals surface area contributed by atoms with Gasteiger partial charge in [0.05, 0.1) is 31.8 Å². The third-order valence-corrected chi connectivity index (χ3v) is 7.64. The largest absolute Gasteiger partial charge is 0.494 e. The lowest BCUT2D eigenvalue weighted by Gasteiger charge is -2.37. The first kappa shape index (κ1) is 26.3. The molecule has 37 heavy (non-hydrogen) atoms. The maximum atomic E-state index is 13.4. The molecule has 1 aliphatic heterocycles. The standard InChI is InChI=1S/C27H31N3O6S/c1-4-36-21-12-10-20(11-13-21)29-27(31)30-15-14-19-16-25(34-2)26(35-3)17-23(19)24(30)18-28-37(32,33)22-8-6-5-7-9-22/h5-13,16-17,24,28H,4,14-15,18H2,1-3H3,(H,29,31). The molecule has 0 aromatic heterocycles. The molecule has 4 rings (SSSR count). The highest BCUT2D eigenvalue weighted by Crippen LogP contribution is 2.38. The van der Waals surface area contributed by atoms with Crippen molar-refractivity contribution in [1.82, 2.24) is 9.62 Å². The first-order valence-corrected chi connectivity index (χ1v) is 13.4. The number of urea groups is 1. The van der Waals surface area contributed by atoms with Crippen molar-refractivity contribution in [3.63, 3.8) is 0 Å². The van der Waals surface area contributed by atoms with Gasteiger partial charge < -0.3 is 24.4 Å². The summed E-state index contributed by atoms with van der Waals surface area (Å²) in [7, 11) is -0.684. The van der Waals surface area contributed by atoms with Crippen LogP contribution in [0.3, 0.4) is 0 Å². The second-order valence-corrected chi connectivity index (χ2v) is 10.2. The summed E-state index contributed by atoms with van der Waals surface area (Å²) in [5.41, 5.74) is 2.36. The molecule has 0 saturated heterocycles. The minimum atomic E-state index is -3.79. The zero-order valence-electron chi connectivity index (χ0n) is 21.1. The monoisotopic (exact) mass is 525 g/mol. The molecule has 3 aromatic carbocycles. The maximum Gasteiger partial charge on any atom is 0.322 e. The Balaban J connectivity index is 1.63. The number of benzene rings is 3. The fourth-order valence-electron chi connectivity index (χ4n) is 4.36. The highest BCUT2D eigenvalue weighted by atomic mass is 32.2. The summed E-state index contributed by atoms with van der Waals surface area (Å²) in [5, 5.41) is 2.92. The van der Waals surface area contributed by atoms with Crippen molar-refractivity contribution in [2.24, 2.45) is 0 Å². The lowest BCUT2D eigenvalue weighted by Crippen LogP contribution is -2.46. The molecule has 1 heterocycles. The number of nitrogens with one attached hydrogen (secondary N) is 2. The Hall–Kier alpha value is -3.76. The van der Waals surface area contributed by atoms with E-state index in [0.29, 0.717) is 42.5 Å². The summed E-state index contributed by atoms with van der Waals surface area (Å²) in [6, 6.07) is 18.0. The number of fused-ring (bicyclic) bond motifs is 1. The number of carbonyl (C=O) groups excluding carboxylic acids is 1. The number of methoxy groups -OCH3 is 2. The molecule has 3 aromatic rings. The average Bonchev–Trinajstić information content (AvgIpc) is 2.92. The van der Waals surface area contributed by atoms with E-state index in [0.717, 1.165) is 11.1 Å². The number of anilines is 1. The molecule has 2 N–H and O–H groups in total. The van der Waals surface area contributed by atoms with Gasteiger partial charge in [0, 0.05) is 18.8 Å². The van der Waals surface area contributed by atoms with Gasteiger partial charge >= 0.3 is 6.03 Å². The van der Waals surface area contributed by atoms with Crippen LogP contribution in [0, 0.1) is 0 Å². The van der Waals surface area contributed by atoms with Crippen LogP contribution in [-0.2, 0) is 16.4 Å². The molecule has 1 unspecified atom stereocenters. The van der Waals surface area contributed by atoms with Crippen LogP contribution in [0.25, 0.3) is 0 Å². The van der Waals surface area contributed by atoms with Crippen molar-refractivity contribution in [3.8, 4) is 17.2 Å². The molecule has 196 valence electrons. The van der Waals surface area contributed by atoms with Gasteiger partial charge in [0.2, 0.25) is 10.0 Å². The minimum Gasteiger partial charge on any atom is -0.494 e. The summed E-state index contributed by atoms with van der Waals surface area (Å²) in [6.45, 7) is 2.83. The summed E-state index contributed by atoms with van der Waals surface area (Å²) in [5.74, 6) is 1.80. The lowest BCUT2D eigenvalue weighted by molar-refractivity contribution is 0.183. The van der Waals surface area contributed by atoms with E-state index in [-0.39, 0.29) is 17.5 Å². The molecule has 10 heteroatoms. The number of hydrogen-bond acceptors (Lipinski definition) is 6. The number of hydrogen-bond donors (Lipinski definition) is 2. The van der Waals surface area contributed by atoms with Crippen molar-refractivity contribution in [2.75, 3.05) is 39.2 Å². The van der Waals surface area contributed by atoms with E-state index in [1.807, 2.05) is 19.1 Å². The fraction of sp³-hybridized carbons (Fsp3) is 0.296. The summed E-state index contributed by atoms with van der Waals surface area (Å²) < 4.78 is 45.0. The van der Waals surface area contributed by atoms with Gasteiger partial charge in [-0.1, -0.05) is 18.2 Å². The van der Waals surface area contributed by atoms with Crippen LogP contribution in [0.2, 0.25) is 0 Å². The maximum absolute atomic E-state index is 13.4. The Morgan fingerprint density at radius 3 is 2.32 bits per heavy atom. The van der Waals surface area contributed by atoms with Gasteiger partial charge in [-0.15, -0.1) is 0 Å². The molecule has 9 nitrogen and oxygen atoms in total. The Labute approximate surface area is 217 Å². The van der Waals surface area contributed by atoms with Crippen LogP contribution in [0.5, 0.6) is 17.2 Å². The smallest absolute Gasteiger partial charge is 0.322 e. The number of amides is 2. The van der Waals surface area contributed by atoms with Gasteiger partial charge in [-0.2, -0.15) is 0 Å². The quantitative estimate of drug-likeness (QED) is 0.434. The van der Waals surface area contributed by atoms with Crippen molar-refractivity contribution >= 4 is 21.7 Å². The van der Waals surface area contributed by atoms with Crippen molar-refractivity contribution < 1.29 is 27.4 Å². The van der Waals surface area contributed by atoms with Gasteiger partial charge in [0.1, 0.15) is 5.75 Å². The van der Waals surface area contributed by atoms with E-state index in [1.165, 1.54) is 19.2 Å². The van der Waals surface area contributed by atoms with E-state index in [2.05, 4.69) is 10.0 Å². The number of ether oxygens (including phenoxy) is 3. The minimum absolute atomic E-state index is 0.0175. The van der Waals surface area contributed by atoms with Crippen LogP contribution in [0.1, 0.15) is 24.1 Å². The van der Waals surface area contributed by atoms with E-state index in [1.54, 1.807) is 54.5 Å². The molecular weight excluding hydrogens is 494 g/mol. The van der Waals surface area contributed by atoms with Gasteiger partial charge in [-0.25, -0.2) is 17.9 Å². The van der Waals surface area contributed by atoms with E-state index in [4.69, 9.17) is 14.2 Å². The van der Waals surface area contributed by atoms with Gasteiger partial charge in [-0.3, -0.25) is 0 Å². The molecule has 0 fully saturated rings. The molecule has 0 radical (unpaired) electrons. The first-order chi connectivity index (χ1) is 17.9. The molecular formula is C27H31N3O6S. The average molecular weight is 526 g/mol. The van der Waals surface area contributed by atoms with E-state index in [9.17, 15) is 13.2 Å². The Bertz CT molecular complexity index is 1330. The van der Waals surface area contributed by atoms with Crippen LogP contribution < -0.4 is 24.2 Å². The van der Waals surface area contributed by atoms with Crippen LogP contribution >= 0.6 is 0 Å². The van der Waals surface area contributed by atoms with Gasteiger partial charge in [0.15, 0.2) is 11.5 Å². The molecule has 0 bridgehead atoms. The predicted octanol–water partition coefficient (Wildman–Crippen LogP) is 4.21. The van der Waals surface area contributed by atoms with Gasteiger partial charge in [0.25, 0.3) is 0 Å². The predicted molar refractivity (Wildman–Crippen MR) is 141 cm³/mol. The third kappa shape index (κ3) is 5.98. The second-order valence-electron chi connectivity index (χ2n) is 8.42. The highest BCUT2D eigenvalue weighted by Gasteiger charge is 2.33. The number of rotatable bonds is 9. The van der Waals surface area contributed by atoms with Crippen LogP contribution in [0.15, 0.2) is 71.6 Å². The summed E-state index contributed by atoms with van der Waals surface area (Å²) >= 11 is 0. The van der Waals surface area contributed by atoms with E-state index >= 15 is 0 Å². The lowest BCUT2D eigenvalue weighted by atomic mass is 9.92. The van der Waals surface area contributed by atoms with Crippen molar-refractivity contribution in [1.29, 1.82) is 0 Å². The van der Waals surface area contributed by atoms with Crippen molar-refractivity contribution in [2.45, 2.75) is 24.3 Å². The molecule has 1 atom stereocenters. The zero-order valence-corrected chi connectivity index (χ0v) is 21.9. The zero-order chi connectivity index (χ0) is 26.4. The molecule has 0 saturated carbocycles. The van der Waals surface area contributed by atoms with Crippen molar-refractivity contribution in [3.05, 3.63) is 77.9 Å². The Morgan fingerprint density at radius 2 is 1.68 bits per heavy atom. The molecule has 0 spiro atoms. The number of carbonyl (C=O) groups is 1. The number of nitrogens with zero attached hydrogens (tertiary/aromatic N) is 1. The van der Waals surface area contributed by atoms with Crippen LogP contribution in [0.4, 0.5) is 10.5 Å². The first-order valence-electron chi connectivity index (χ1n) is 12.0. The number of sulfonamides is 1. The summed E-state index contributed by atoms with van der Waals surface area (Å²) in [6.07, 6.45) is 0.578. The third-order valence-electron chi connectivity index (χ3n) is 6.20. The normalized spacial score (nSPS) is 15.0. The van der Waals surface area contributed by atoms with Gasteiger partial charge in [-0.05, 0) is 73.0 Å². The molecule has 0 aliphatic carbocycles. The second kappa shape index (κ2) is 11.5. The van der Waals surface area contributed by atoms with Crippen LogP contribution in [-0.4, -0.2) is 53.3 Å². The molecule has 2 amide bonds. The fourth-order valence-corrected chi connectivity index (χ4v) is 5.42. The topological polar surface area (TPSA) is 106 Å². The Kier molecular flexibility index (Phi) is 8.20. The highest BCUT2D eigenvalue weighted by molar-refractivity contribution is 7.89. The van der Waals surface area contributed by atoms with E-state index < -0.39 is 16.1 Å². The molecule has 1 aliphatic rings. The summed E-state index contributed by atoms with van der Waals surface area (Å²) in [4.78, 5) is 15.2. The SMILES string of the molecule is CCOc1ccc(NC(=O)N2CCc3cc(OC)c(OC)cc3C2CNS(=O)(=O)c2ccccc2)cc1.